The van der Waals surface area contributed by atoms with Crippen molar-refractivity contribution in [2.75, 3.05) is 0 Å². The second kappa shape index (κ2) is 3.09. The molecule has 0 spiro atoms. The number of aromatic nitrogens is 1. The molecule has 0 radical (unpaired) electrons. The van der Waals surface area contributed by atoms with E-state index in [1.807, 2.05) is 0 Å². The van der Waals surface area contributed by atoms with E-state index in [-0.39, 0.29) is 5.78 Å². The van der Waals surface area contributed by atoms with Gasteiger partial charge < -0.3 is 0 Å². The van der Waals surface area contributed by atoms with Gasteiger partial charge in [-0.2, -0.15) is 0 Å². The van der Waals surface area contributed by atoms with Crippen LogP contribution in [0.15, 0.2) is 0 Å². The number of halogens is 1. The molecule has 0 saturated carbocycles. The molecule has 0 aliphatic heterocycles. The normalized spacial score (nSPS) is 10.1. The van der Waals surface area contributed by atoms with Crippen molar-refractivity contribution in [3.8, 4) is 0 Å². The highest BCUT2D eigenvalue weighted by Gasteiger charge is 2.09. The Labute approximate surface area is 68.1 Å². The molecule has 2 nitrogen and oxygen atoms in total. The summed E-state index contributed by atoms with van der Waals surface area (Å²) in [7, 11) is 0. The van der Waals surface area contributed by atoms with Crippen LogP contribution in [0.1, 0.15) is 27.3 Å². The zero-order valence-corrected chi connectivity index (χ0v) is 7.17. The fourth-order valence-electron chi connectivity index (χ4n) is 0.703. The van der Waals surface area contributed by atoms with Crippen LogP contribution in [0.2, 0.25) is 0 Å². The monoisotopic (exact) mass is 173 g/mol. The maximum Gasteiger partial charge on any atom is 0.188 e. The van der Waals surface area contributed by atoms with Gasteiger partial charge in [0.1, 0.15) is 6.67 Å². The Bertz CT molecular complexity index is 282. The molecule has 0 N–H and O–H groups in total. The highest BCUT2D eigenvalue weighted by atomic mass is 32.1. The molecule has 4 heteroatoms. The lowest BCUT2D eigenvalue weighted by Crippen LogP contribution is -1.89. The molecule has 1 aromatic rings. The molecule has 0 amide bonds. The highest BCUT2D eigenvalue weighted by Crippen LogP contribution is 2.18. The van der Waals surface area contributed by atoms with Gasteiger partial charge in [-0.05, 0) is 6.92 Å². The Balaban J connectivity index is 3.05. The Morgan fingerprint density at radius 3 is 2.64 bits per heavy atom. The van der Waals surface area contributed by atoms with Crippen LogP contribution in [-0.4, -0.2) is 10.8 Å². The number of hydrogen-bond donors (Lipinski definition) is 0. The van der Waals surface area contributed by atoms with Gasteiger partial charge in [0.15, 0.2) is 10.8 Å². The molecule has 60 valence electrons. The third-order valence-electron chi connectivity index (χ3n) is 1.32. The quantitative estimate of drug-likeness (QED) is 0.641. The van der Waals surface area contributed by atoms with Gasteiger partial charge in [-0.1, -0.05) is 0 Å². The molecule has 0 fully saturated rings. The molecule has 1 aromatic heterocycles. The molecule has 1 rings (SSSR count). The van der Waals surface area contributed by atoms with Gasteiger partial charge in [0.25, 0.3) is 0 Å². The molecule has 0 aromatic carbocycles. The molecule has 0 bridgehead atoms. The average Bonchev–Trinajstić information content (AvgIpc) is 2.31. The van der Waals surface area contributed by atoms with Crippen LogP contribution in [0.4, 0.5) is 4.39 Å². The number of carbonyl (C=O) groups excluding carboxylic acids is 1. The van der Waals surface area contributed by atoms with Crippen molar-refractivity contribution in [1.82, 2.24) is 4.98 Å². The summed E-state index contributed by atoms with van der Waals surface area (Å²) in [5, 5.41) is 0.398. The summed E-state index contributed by atoms with van der Waals surface area (Å²) in [4.78, 5) is 15.2. The molecule has 0 unspecified atom stereocenters. The number of carbonyl (C=O) groups is 1. The lowest BCUT2D eigenvalue weighted by atomic mass is 10.4. The lowest BCUT2D eigenvalue weighted by Gasteiger charge is -1.82. The fourth-order valence-corrected chi connectivity index (χ4v) is 1.51. The molecule has 0 saturated heterocycles. The van der Waals surface area contributed by atoms with E-state index in [1.54, 1.807) is 6.92 Å². The minimum Gasteiger partial charge on any atom is -0.292 e. The van der Waals surface area contributed by atoms with E-state index in [4.69, 9.17) is 0 Å². The van der Waals surface area contributed by atoms with Crippen molar-refractivity contribution < 1.29 is 9.18 Å². The predicted octanol–water partition coefficient (Wildman–Crippen LogP) is 2.12. The minimum atomic E-state index is -0.531. The average molecular weight is 173 g/mol. The molecular weight excluding hydrogens is 165 g/mol. The van der Waals surface area contributed by atoms with E-state index >= 15 is 0 Å². The number of aryl methyl sites for hydroxylation is 1. The number of thiazole rings is 1. The Hall–Kier alpha value is -0.770. The van der Waals surface area contributed by atoms with Crippen molar-refractivity contribution in [3.63, 3.8) is 0 Å². The molecule has 1 heterocycles. The van der Waals surface area contributed by atoms with Crippen molar-refractivity contribution in [1.29, 1.82) is 0 Å². The van der Waals surface area contributed by atoms with Crippen LogP contribution < -0.4 is 0 Å². The summed E-state index contributed by atoms with van der Waals surface area (Å²) >= 11 is 1.13. The first-order chi connectivity index (χ1) is 5.15. The number of alkyl halides is 1. The van der Waals surface area contributed by atoms with Gasteiger partial charge in [0, 0.05) is 6.92 Å². The SMILES string of the molecule is CC(=O)c1nc(C)c(CF)s1. The van der Waals surface area contributed by atoms with Gasteiger partial charge in [-0.3, -0.25) is 4.79 Å². The van der Waals surface area contributed by atoms with Gasteiger partial charge in [0.2, 0.25) is 0 Å². The molecule has 0 aliphatic carbocycles. The van der Waals surface area contributed by atoms with E-state index in [1.165, 1.54) is 6.92 Å². The summed E-state index contributed by atoms with van der Waals surface area (Å²) in [5.74, 6) is -0.0993. The Morgan fingerprint density at radius 2 is 2.36 bits per heavy atom. The number of hydrogen-bond acceptors (Lipinski definition) is 3. The van der Waals surface area contributed by atoms with Crippen LogP contribution in [0.5, 0.6) is 0 Å². The fraction of sp³-hybridized carbons (Fsp3) is 0.429. The lowest BCUT2D eigenvalue weighted by molar-refractivity contribution is 0.101. The predicted molar refractivity (Wildman–Crippen MR) is 41.7 cm³/mol. The Morgan fingerprint density at radius 1 is 1.73 bits per heavy atom. The second-order valence-electron chi connectivity index (χ2n) is 2.22. The summed E-state index contributed by atoms with van der Waals surface area (Å²) in [5.41, 5.74) is 0.628. The summed E-state index contributed by atoms with van der Waals surface area (Å²) < 4.78 is 12.1. The van der Waals surface area contributed by atoms with E-state index in [0.29, 0.717) is 15.6 Å². The number of Topliss-reactive ketones (excluding diaryl/α,β-unsaturated/α-hetero) is 1. The van der Waals surface area contributed by atoms with Gasteiger partial charge in [-0.25, -0.2) is 9.37 Å². The first-order valence-electron chi connectivity index (χ1n) is 3.18. The van der Waals surface area contributed by atoms with E-state index < -0.39 is 6.67 Å². The van der Waals surface area contributed by atoms with E-state index in [2.05, 4.69) is 4.98 Å². The smallest absolute Gasteiger partial charge is 0.188 e. The van der Waals surface area contributed by atoms with Crippen molar-refractivity contribution in [2.24, 2.45) is 0 Å². The first kappa shape index (κ1) is 8.33. The maximum absolute atomic E-state index is 12.1. The van der Waals surface area contributed by atoms with Gasteiger partial charge >= 0.3 is 0 Å². The van der Waals surface area contributed by atoms with Crippen LogP contribution in [0.25, 0.3) is 0 Å². The van der Waals surface area contributed by atoms with Gasteiger partial charge in [-0.15, -0.1) is 11.3 Å². The molecule has 11 heavy (non-hydrogen) atoms. The van der Waals surface area contributed by atoms with Crippen LogP contribution >= 0.6 is 11.3 Å². The topological polar surface area (TPSA) is 30.0 Å². The molecular formula is C7H8FNOS. The summed E-state index contributed by atoms with van der Waals surface area (Å²) in [6.45, 7) is 2.61. The van der Waals surface area contributed by atoms with Crippen molar-refractivity contribution in [2.45, 2.75) is 20.5 Å². The van der Waals surface area contributed by atoms with E-state index in [0.717, 1.165) is 11.3 Å². The Kier molecular flexibility index (Phi) is 2.34. The van der Waals surface area contributed by atoms with Crippen LogP contribution in [0.3, 0.4) is 0 Å². The zero-order valence-electron chi connectivity index (χ0n) is 6.35. The maximum atomic E-state index is 12.1. The number of ketones is 1. The second-order valence-corrected chi connectivity index (χ2v) is 3.30. The highest BCUT2D eigenvalue weighted by molar-refractivity contribution is 7.13. The van der Waals surface area contributed by atoms with Crippen molar-refractivity contribution >= 4 is 17.1 Å². The minimum absolute atomic E-state index is 0.0993. The van der Waals surface area contributed by atoms with Crippen molar-refractivity contribution in [3.05, 3.63) is 15.6 Å². The van der Waals surface area contributed by atoms with Gasteiger partial charge in [0.05, 0.1) is 10.6 Å². The standard InChI is InChI=1S/C7H8FNOS/c1-4-6(3-8)11-7(9-4)5(2)10/h3H2,1-2H3. The molecule has 0 aliphatic rings. The van der Waals surface area contributed by atoms with E-state index in [9.17, 15) is 9.18 Å². The van der Waals surface area contributed by atoms with Crippen LogP contribution in [0, 0.1) is 6.92 Å². The summed E-state index contributed by atoms with van der Waals surface area (Å²) in [6, 6.07) is 0. The van der Waals surface area contributed by atoms with Crippen LogP contribution in [-0.2, 0) is 6.67 Å². The largest absolute Gasteiger partial charge is 0.292 e. The number of rotatable bonds is 2. The third-order valence-corrected chi connectivity index (χ3v) is 2.54. The summed E-state index contributed by atoms with van der Waals surface area (Å²) in [6.07, 6.45) is 0. The number of nitrogens with zero attached hydrogens (tertiary/aromatic N) is 1. The zero-order chi connectivity index (χ0) is 8.43. The molecule has 0 atom stereocenters. The third kappa shape index (κ3) is 1.63. The first-order valence-corrected chi connectivity index (χ1v) is 4.00.